The summed E-state index contributed by atoms with van der Waals surface area (Å²) >= 11 is 0. The molecule has 2 aromatic carbocycles. The Morgan fingerprint density at radius 1 is 0.918 bits per heavy atom. The molecule has 3 aromatic rings. The number of nitrogens with two attached hydrogens (primary N) is 1. The van der Waals surface area contributed by atoms with Gasteiger partial charge >= 0.3 is 0 Å². The van der Waals surface area contributed by atoms with Gasteiger partial charge in [-0.05, 0) is 75.5 Å². The fourth-order valence-corrected chi connectivity index (χ4v) is 7.51. The molecular formula is C39H52N6O4. The highest BCUT2D eigenvalue weighted by Gasteiger charge is 2.41. The van der Waals surface area contributed by atoms with Crippen LogP contribution in [0.5, 0.6) is 0 Å². The number of carbonyl (C=O) groups excluding carboxylic acids is 4. The third kappa shape index (κ3) is 9.88. The van der Waals surface area contributed by atoms with Crippen molar-refractivity contribution in [2.45, 2.75) is 96.3 Å². The first-order valence-corrected chi connectivity index (χ1v) is 17.7. The van der Waals surface area contributed by atoms with Crippen LogP contribution in [0.2, 0.25) is 0 Å². The molecule has 262 valence electrons. The van der Waals surface area contributed by atoms with E-state index >= 15 is 0 Å². The minimum Gasteiger partial charge on any atom is -0.370 e. The summed E-state index contributed by atoms with van der Waals surface area (Å²) in [4.78, 5) is 59.9. The number of carbonyl (C=O) groups is 4. The van der Waals surface area contributed by atoms with Crippen molar-refractivity contribution in [3.05, 3.63) is 78.0 Å². The minimum absolute atomic E-state index is 0.0545. The van der Waals surface area contributed by atoms with E-state index in [4.69, 9.17) is 5.73 Å². The number of piperidine rings is 1. The van der Waals surface area contributed by atoms with Gasteiger partial charge in [0.05, 0.1) is 18.0 Å². The summed E-state index contributed by atoms with van der Waals surface area (Å²) in [6.45, 7) is 9.58. The zero-order valence-electron chi connectivity index (χ0n) is 29.3. The summed E-state index contributed by atoms with van der Waals surface area (Å²) in [6.07, 6.45) is 5.80. The predicted octanol–water partition coefficient (Wildman–Crippen LogP) is 4.37. The van der Waals surface area contributed by atoms with Crippen LogP contribution in [0.25, 0.3) is 10.9 Å². The van der Waals surface area contributed by atoms with E-state index in [1.165, 1.54) is 25.7 Å². The zero-order chi connectivity index (χ0) is 35.1. The van der Waals surface area contributed by atoms with Gasteiger partial charge in [-0.25, -0.2) is 4.98 Å². The van der Waals surface area contributed by atoms with Gasteiger partial charge in [-0.3, -0.25) is 24.1 Å². The molecule has 4 amide bonds. The van der Waals surface area contributed by atoms with Crippen LogP contribution in [-0.4, -0.2) is 70.3 Å². The van der Waals surface area contributed by atoms with Gasteiger partial charge < -0.3 is 21.7 Å². The predicted molar refractivity (Wildman–Crippen MR) is 191 cm³/mol. The molecule has 49 heavy (non-hydrogen) atoms. The maximum absolute atomic E-state index is 13.9. The number of primary amides is 1. The quantitative estimate of drug-likeness (QED) is 0.226. The van der Waals surface area contributed by atoms with Gasteiger partial charge in [-0.2, -0.15) is 0 Å². The largest absolute Gasteiger partial charge is 0.370 e. The molecule has 10 nitrogen and oxygen atoms in total. The summed E-state index contributed by atoms with van der Waals surface area (Å²) in [5.41, 5.74) is 7.06. The van der Waals surface area contributed by atoms with Crippen molar-refractivity contribution in [3.63, 3.8) is 0 Å². The molecule has 2 fully saturated rings. The average Bonchev–Trinajstić information content (AvgIpc) is 3.06. The number of aromatic nitrogens is 1. The maximum Gasteiger partial charge on any atom is 0.270 e. The SMILES string of the molecule is C[C@H](CN1C[C@H]2CCCC[C@H]2C[C@H]1C(=O)NC(C)(C)C)[C@H](Cc1ccccc1)NC(=O)[C@H](CC(N)=O)NC(=O)c1ccc2ccccc2n1. The van der Waals surface area contributed by atoms with Gasteiger partial charge in [0.2, 0.25) is 17.7 Å². The Labute approximate surface area is 290 Å². The lowest BCUT2D eigenvalue weighted by atomic mass is 9.72. The highest BCUT2D eigenvalue weighted by molar-refractivity contribution is 5.99. The van der Waals surface area contributed by atoms with Gasteiger partial charge in [-0.15, -0.1) is 0 Å². The van der Waals surface area contributed by atoms with E-state index in [1.807, 2.05) is 75.4 Å². The number of benzene rings is 2. The molecule has 2 heterocycles. The number of nitrogens with zero attached hydrogens (tertiary/aromatic N) is 2. The maximum atomic E-state index is 13.9. The fourth-order valence-electron chi connectivity index (χ4n) is 7.51. The van der Waals surface area contributed by atoms with Crippen LogP contribution >= 0.6 is 0 Å². The lowest BCUT2D eigenvalue weighted by Gasteiger charge is -2.47. The molecule has 1 aromatic heterocycles. The number of hydrogen-bond acceptors (Lipinski definition) is 6. The standard InChI is InChI=1S/C39H52N6O4/c1-25(23-45-24-29-16-9-8-15-28(29)21-34(45)38(49)44-39(2,3)4)32(20-26-12-6-5-7-13-26)42-37(48)33(22-35(40)46)43-36(47)31-19-18-27-14-10-11-17-30(27)41-31/h5-7,10-14,17-19,25,28-29,32-34H,8-9,15-16,20-24H2,1-4H3,(H2,40,46)(H,42,48)(H,43,47)(H,44,49)/t25-,28+,29-,32+,33+,34+/m1/s1. The molecule has 0 spiro atoms. The second-order valence-corrected chi connectivity index (χ2v) is 15.1. The lowest BCUT2D eigenvalue weighted by molar-refractivity contribution is -0.132. The molecule has 10 heteroatoms. The molecule has 0 bridgehead atoms. The Hall–Kier alpha value is -4.31. The highest BCUT2D eigenvalue weighted by Crippen LogP contribution is 2.39. The smallest absolute Gasteiger partial charge is 0.270 e. The van der Waals surface area contributed by atoms with E-state index in [1.54, 1.807) is 12.1 Å². The minimum atomic E-state index is -1.19. The Kier molecular flexibility index (Phi) is 11.7. The first-order valence-electron chi connectivity index (χ1n) is 17.7. The number of rotatable bonds is 12. The van der Waals surface area contributed by atoms with Crippen molar-refractivity contribution < 1.29 is 19.2 Å². The van der Waals surface area contributed by atoms with Gasteiger partial charge in [-0.1, -0.05) is 80.8 Å². The molecule has 1 aliphatic heterocycles. The molecule has 0 unspecified atom stereocenters. The Morgan fingerprint density at radius 2 is 1.61 bits per heavy atom. The number of para-hydroxylation sites is 1. The first-order chi connectivity index (χ1) is 23.4. The Balaban J connectivity index is 1.35. The van der Waals surface area contributed by atoms with Crippen LogP contribution in [0.15, 0.2) is 66.7 Å². The topological polar surface area (TPSA) is 147 Å². The van der Waals surface area contributed by atoms with E-state index in [9.17, 15) is 19.2 Å². The summed E-state index contributed by atoms with van der Waals surface area (Å²) < 4.78 is 0. The van der Waals surface area contributed by atoms with Crippen LogP contribution in [-0.2, 0) is 20.8 Å². The number of fused-ring (bicyclic) bond motifs is 2. The first kappa shape index (κ1) is 36.0. The van der Waals surface area contributed by atoms with Crippen LogP contribution in [0.3, 0.4) is 0 Å². The Bertz CT molecular complexity index is 1620. The number of likely N-dealkylation sites (tertiary alicyclic amines) is 1. The molecule has 1 aliphatic carbocycles. The van der Waals surface area contributed by atoms with Crippen molar-refractivity contribution in [2.24, 2.45) is 23.5 Å². The van der Waals surface area contributed by atoms with Crippen LogP contribution in [0.1, 0.15) is 82.3 Å². The second-order valence-electron chi connectivity index (χ2n) is 15.1. The summed E-state index contributed by atoms with van der Waals surface area (Å²) in [7, 11) is 0. The third-order valence-electron chi connectivity index (χ3n) is 10.00. The zero-order valence-corrected chi connectivity index (χ0v) is 29.3. The van der Waals surface area contributed by atoms with Gasteiger partial charge in [0, 0.05) is 30.1 Å². The van der Waals surface area contributed by atoms with Crippen molar-refractivity contribution in [3.8, 4) is 0 Å². The molecule has 1 saturated carbocycles. The second kappa shape index (κ2) is 15.9. The van der Waals surface area contributed by atoms with Crippen LogP contribution in [0.4, 0.5) is 0 Å². The molecular weight excluding hydrogens is 616 g/mol. The van der Waals surface area contributed by atoms with E-state index in [0.29, 0.717) is 30.3 Å². The summed E-state index contributed by atoms with van der Waals surface area (Å²) in [5.74, 6) is -0.675. The van der Waals surface area contributed by atoms with Crippen LogP contribution < -0.4 is 21.7 Å². The van der Waals surface area contributed by atoms with Crippen molar-refractivity contribution in [1.29, 1.82) is 0 Å². The molecule has 5 N–H and O–H groups in total. The summed E-state index contributed by atoms with van der Waals surface area (Å²) in [5, 5.41) is 10.00. The molecule has 2 aliphatic rings. The van der Waals surface area contributed by atoms with E-state index in [2.05, 4.69) is 32.8 Å². The van der Waals surface area contributed by atoms with E-state index < -0.39 is 23.8 Å². The van der Waals surface area contributed by atoms with Crippen molar-refractivity contribution in [1.82, 2.24) is 25.8 Å². The normalized spacial score (nSPS) is 21.5. The molecule has 5 rings (SSSR count). The van der Waals surface area contributed by atoms with Crippen molar-refractivity contribution in [2.75, 3.05) is 13.1 Å². The monoisotopic (exact) mass is 668 g/mol. The number of pyridine rings is 1. The van der Waals surface area contributed by atoms with Crippen LogP contribution in [0, 0.1) is 17.8 Å². The van der Waals surface area contributed by atoms with Gasteiger partial charge in [0.25, 0.3) is 5.91 Å². The van der Waals surface area contributed by atoms with Gasteiger partial charge in [0.1, 0.15) is 11.7 Å². The molecule has 6 atom stereocenters. The third-order valence-corrected chi connectivity index (χ3v) is 10.00. The highest BCUT2D eigenvalue weighted by atomic mass is 16.2. The van der Waals surface area contributed by atoms with Gasteiger partial charge in [0.15, 0.2) is 0 Å². The fraction of sp³-hybridized carbons (Fsp3) is 0.513. The molecule has 0 radical (unpaired) electrons. The number of hydrogen-bond donors (Lipinski definition) is 4. The Morgan fingerprint density at radius 3 is 2.33 bits per heavy atom. The lowest BCUT2D eigenvalue weighted by Crippen LogP contribution is -2.59. The summed E-state index contributed by atoms with van der Waals surface area (Å²) in [6, 6.07) is 19.0. The number of amides is 4. The number of nitrogens with one attached hydrogen (secondary N) is 3. The van der Waals surface area contributed by atoms with E-state index in [-0.39, 0.29) is 41.6 Å². The average molecular weight is 669 g/mol. The molecule has 1 saturated heterocycles. The van der Waals surface area contributed by atoms with E-state index in [0.717, 1.165) is 23.9 Å². The van der Waals surface area contributed by atoms with Crippen molar-refractivity contribution >= 4 is 34.5 Å².